The van der Waals surface area contributed by atoms with E-state index in [0.717, 1.165) is 6.07 Å². The molecule has 6 heteroatoms. The van der Waals surface area contributed by atoms with Crippen molar-refractivity contribution >= 4 is 23.2 Å². The van der Waals surface area contributed by atoms with Gasteiger partial charge in [-0.25, -0.2) is 4.39 Å². The lowest BCUT2D eigenvalue weighted by molar-refractivity contribution is 0.102. The van der Waals surface area contributed by atoms with Gasteiger partial charge in [0, 0.05) is 17.8 Å². The average Bonchev–Trinajstić information content (AvgIpc) is 2.81. The first-order valence-electron chi connectivity index (χ1n) is 5.40. The fraction of sp³-hybridized carbons (Fsp3) is 0.167. The first-order valence-corrected chi connectivity index (χ1v) is 5.78. The number of anilines is 1. The van der Waals surface area contributed by atoms with E-state index in [1.165, 1.54) is 12.1 Å². The molecule has 0 saturated heterocycles. The van der Waals surface area contributed by atoms with E-state index in [9.17, 15) is 9.18 Å². The molecule has 0 fully saturated rings. The number of aryl methyl sites for hydroxylation is 1. The molecule has 2 rings (SSSR count). The number of nitrogens with one attached hydrogen (secondary N) is 1. The van der Waals surface area contributed by atoms with Gasteiger partial charge in [-0.05, 0) is 31.2 Å². The highest BCUT2D eigenvalue weighted by atomic mass is 35.5. The monoisotopic (exact) mass is 267 g/mol. The van der Waals surface area contributed by atoms with Crippen LogP contribution in [0.4, 0.5) is 10.1 Å². The maximum Gasteiger partial charge on any atom is 0.276 e. The molecule has 0 saturated carbocycles. The fourth-order valence-electron chi connectivity index (χ4n) is 1.44. The molecule has 1 amide bonds. The first kappa shape index (κ1) is 12.6. The van der Waals surface area contributed by atoms with Crippen LogP contribution in [-0.2, 0) is 6.54 Å². The number of hydrogen-bond acceptors (Lipinski definition) is 2. The molecule has 1 aromatic heterocycles. The van der Waals surface area contributed by atoms with E-state index >= 15 is 0 Å². The molecule has 0 bridgehead atoms. The Morgan fingerprint density at radius 1 is 1.50 bits per heavy atom. The Kier molecular flexibility index (Phi) is 3.62. The van der Waals surface area contributed by atoms with Crippen molar-refractivity contribution in [2.24, 2.45) is 0 Å². The molecule has 2 aromatic rings. The van der Waals surface area contributed by atoms with Crippen molar-refractivity contribution < 1.29 is 9.18 Å². The van der Waals surface area contributed by atoms with Crippen LogP contribution >= 0.6 is 11.6 Å². The van der Waals surface area contributed by atoms with Crippen LogP contribution in [0.1, 0.15) is 17.4 Å². The van der Waals surface area contributed by atoms with Gasteiger partial charge >= 0.3 is 0 Å². The predicted octanol–water partition coefficient (Wildman–Crippen LogP) is 2.95. The largest absolute Gasteiger partial charge is 0.318 e. The number of nitrogens with zero attached hydrogens (tertiary/aromatic N) is 2. The summed E-state index contributed by atoms with van der Waals surface area (Å²) in [5.41, 5.74) is 0.321. The molecule has 0 aliphatic heterocycles. The van der Waals surface area contributed by atoms with E-state index in [-0.39, 0.29) is 16.4 Å². The van der Waals surface area contributed by atoms with Crippen molar-refractivity contribution in [2.45, 2.75) is 13.5 Å². The maximum atomic E-state index is 13.5. The van der Waals surface area contributed by atoms with E-state index < -0.39 is 11.7 Å². The predicted molar refractivity (Wildman–Crippen MR) is 67.3 cm³/mol. The van der Waals surface area contributed by atoms with Gasteiger partial charge in [0.1, 0.15) is 5.82 Å². The minimum atomic E-state index is -0.578. The maximum absolute atomic E-state index is 13.5. The molecule has 18 heavy (non-hydrogen) atoms. The smallest absolute Gasteiger partial charge is 0.276 e. The normalized spacial score (nSPS) is 10.4. The molecule has 0 atom stereocenters. The zero-order chi connectivity index (χ0) is 13.1. The summed E-state index contributed by atoms with van der Waals surface area (Å²) in [5.74, 6) is -1.03. The topological polar surface area (TPSA) is 46.9 Å². The number of halogens is 2. The summed E-state index contributed by atoms with van der Waals surface area (Å²) in [4.78, 5) is 11.8. The number of hydrogen-bond donors (Lipinski definition) is 1. The zero-order valence-electron chi connectivity index (χ0n) is 9.65. The summed E-state index contributed by atoms with van der Waals surface area (Å²) in [7, 11) is 0. The highest BCUT2D eigenvalue weighted by molar-refractivity contribution is 6.30. The fourth-order valence-corrected chi connectivity index (χ4v) is 1.59. The van der Waals surface area contributed by atoms with Crippen molar-refractivity contribution in [3.8, 4) is 0 Å². The summed E-state index contributed by atoms with van der Waals surface area (Å²) in [6, 6.07) is 5.63. The molecular weight excluding hydrogens is 257 g/mol. The average molecular weight is 268 g/mol. The second-order valence-electron chi connectivity index (χ2n) is 3.63. The van der Waals surface area contributed by atoms with Crippen molar-refractivity contribution in [1.29, 1.82) is 0 Å². The van der Waals surface area contributed by atoms with Gasteiger partial charge in [-0.1, -0.05) is 11.6 Å². The molecule has 4 nitrogen and oxygen atoms in total. The van der Waals surface area contributed by atoms with Crippen LogP contribution in [0, 0.1) is 5.82 Å². The van der Waals surface area contributed by atoms with Gasteiger partial charge in [0.25, 0.3) is 5.91 Å². The molecule has 0 spiro atoms. The van der Waals surface area contributed by atoms with E-state index in [1.54, 1.807) is 16.9 Å². The van der Waals surface area contributed by atoms with Crippen LogP contribution in [0.15, 0.2) is 30.5 Å². The SMILES string of the molecule is CCn1ccc(C(=O)Nc2ccc(Cl)cc2F)n1. The minimum Gasteiger partial charge on any atom is -0.318 e. The van der Waals surface area contributed by atoms with Gasteiger partial charge in [-0.2, -0.15) is 5.10 Å². The Hall–Kier alpha value is -1.88. The molecule has 0 aliphatic rings. The molecule has 0 radical (unpaired) electrons. The standard InChI is InChI=1S/C12H11ClFN3O/c1-2-17-6-5-11(16-17)12(18)15-10-4-3-8(13)7-9(10)14/h3-7H,2H2,1H3,(H,15,18). The molecule has 94 valence electrons. The lowest BCUT2D eigenvalue weighted by Crippen LogP contribution is -2.14. The Bertz CT molecular complexity index is 582. The highest BCUT2D eigenvalue weighted by Gasteiger charge is 2.12. The Morgan fingerprint density at radius 3 is 2.89 bits per heavy atom. The number of carbonyl (C=O) groups is 1. The number of aromatic nitrogens is 2. The highest BCUT2D eigenvalue weighted by Crippen LogP contribution is 2.19. The van der Waals surface area contributed by atoms with Crippen LogP contribution in [0.2, 0.25) is 5.02 Å². The summed E-state index contributed by atoms with van der Waals surface area (Å²) in [6.07, 6.45) is 1.69. The summed E-state index contributed by atoms with van der Waals surface area (Å²) < 4.78 is 15.1. The van der Waals surface area contributed by atoms with Crippen molar-refractivity contribution in [1.82, 2.24) is 9.78 Å². The second-order valence-corrected chi connectivity index (χ2v) is 4.07. The third kappa shape index (κ3) is 2.68. The quantitative estimate of drug-likeness (QED) is 0.929. The van der Waals surface area contributed by atoms with Crippen molar-refractivity contribution in [2.75, 3.05) is 5.32 Å². The molecule has 1 N–H and O–H groups in total. The minimum absolute atomic E-state index is 0.0791. The van der Waals surface area contributed by atoms with Gasteiger partial charge in [0.2, 0.25) is 0 Å². The van der Waals surface area contributed by atoms with Crippen molar-refractivity contribution in [3.05, 3.63) is 47.0 Å². The number of rotatable bonds is 3. The molecular formula is C12H11ClFN3O. The lowest BCUT2D eigenvalue weighted by Gasteiger charge is -2.04. The van der Waals surface area contributed by atoms with Gasteiger partial charge in [-0.15, -0.1) is 0 Å². The molecule has 0 aliphatic carbocycles. The van der Waals surface area contributed by atoms with Crippen LogP contribution < -0.4 is 5.32 Å². The van der Waals surface area contributed by atoms with E-state index in [2.05, 4.69) is 10.4 Å². The summed E-state index contributed by atoms with van der Waals surface area (Å²) in [6.45, 7) is 2.58. The van der Waals surface area contributed by atoms with E-state index in [0.29, 0.717) is 6.54 Å². The third-order valence-corrected chi connectivity index (χ3v) is 2.61. The number of carbonyl (C=O) groups excluding carboxylic acids is 1. The third-order valence-electron chi connectivity index (χ3n) is 2.38. The zero-order valence-corrected chi connectivity index (χ0v) is 10.4. The van der Waals surface area contributed by atoms with Crippen LogP contribution in [0.5, 0.6) is 0 Å². The van der Waals surface area contributed by atoms with Gasteiger partial charge in [0.05, 0.1) is 5.69 Å². The molecule has 1 heterocycles. The first-order chi connectivity index (χ1) is 8.60. The second kappa shape index (κ2) is 5.18. The number of amides is 1. The van der Waals surface area contributed by atoms with Crippen LogP contribution in [0.3, 0.4) is 0 Å². The summed E-state index contributed by atoms with van der Waals surface area (Å²) in [5, 5.41) is 6.75. The van der Waals surface area contributed by atoms with Gasteiger partial charge in [0.15, 0.2) is 5.69 Å². The Balaban J connectivity index is 2.16. The van der Waals surface area contributed by atoms with Gasteiger partial charge in [-0.3, -0.25) is 9.48 Å². The van der Waals surface area contributed by atoms with Crippen LogP contribution in [-0.4, -0.2) is 15.7 Å². The lowest BCUT2D eigenvalue weighted by atomic mass is 10.3. The van der Waals surface area contributed by atoms with Crippen molar-refractivity contribution in [3.63, 3.8) is 0 Å². The van der Waals surface area contributed by atoms with E-state index in [4.69, 9.17) is 11.6 Å². The summed E-state index contributed by atoms with van der Waals surface area (Å²) >= 11 is 5.62. The Labute approximate surface area is 108 Å². The number of benzene rings is 1. The van der Waals surface area contributed by atoms with Gasteiger partial charge < -0.3 is 5.32 Å². The van der Waals surface area contributed by atoms with Crippen LogP contribution in [0.25, 0.3) is 0 Å². The Morgan fingerprint density at radius 2 is 2.28 bits per heavy atom. The van der Waals surface area contributed by atoms with E-state index in [1.807, 2.05) is 6.92 Å². The molecule has 0 unspecified atom stereocenters. The molecule has 1 aromatic carbocycles.